The first-order chi connectivity index (χ1) is 22.2. The van der Waals surface area contributed by atoms with E-state index in [9.17, 15) is 19.2 Å². The van der Waals surface area contributed by atoms with Crippen LogP contribution in [0.2, 0.25) is 0 Å². The van der Waals surface area contributed by atoms with Gasteiger partial charge in [-0.1, -0.05) is 105 Å². The first-order valence-electron chi connectivity index (χ1n) is 18.6. The number of nitrogens with two attached hydrogens (primary N) is 2. The Bertz CT molecular complexity index is 794. The normalized spacial score (nSPS) is 13.2. The minimum atomic E-state index is -0.861. The minimum absolute atomic E-state index is 0.149. The van der Waals surface area contributed by atoms with Crippen LogP contribution in [-0.2, 0) is 19.2 Å². The Morgan fingerprint density at radius 1 is 0.587 bits per heavy atom. The largest absolute Gasteiger partial charge is 0.354 e. The maximum atomic E-state index is 13.4. The molecule has 0 saturated carbocycles. The molecule has 0 aromatic heterocycles. The van der Waals surface area contributed by atoms with E-state index in [1.807, 2.05) is 13.8 Å². The van der Waals surface area contributed by atoms with Gasteiger partial charge in [-0.25, -0.2) is 0 Å². The molecule has 0 aromatic rings. The Balaban J connectivity index is 4.87. The van der Waals surface area contributed by atoms with Crippen LogP contribution in [0, 0.1) is 12.8 Å². The van der Waals surface area contributed by atoms with Crippen molar-refractivity contribution in [3.8, 4) is 0 Å². The summed E-state index contributed by atoms with van der Waals surface area (Å²) in [5.41, 5.74) is 11.3. The fourth-order valence-corrected chi connectivity index (χ4v) is 5.48. The van der Waals surface area contributed by atoms with Crippen LogP contribution in [0.4, 0.5) is 0 Å². The Kier molecular flexibility index (Phi) is 28.7. The molecule has 0 unspecified atom stereocenters. The lowest BCUT2D eigenvalue weighted by atomic mass is 10.0. The van der Waals surface area contributed by atoms with E-state index in [0.29, 0.717) is 58.2 Å². The lowest BCUT2D eigenvalue weighted by Gasteiger charge is -2.27. The topological polar surface area (TPSA) is 168 Å². The summed E-state index contributed by atoms with van der Waals surface area (Å²) in [6.07, 6.45) is 20.7. The predicted molar refractivity (Wildman–Crippen MR) is 190 cm³/mol. The third kappa shape index (κ3) is 23.2. The van der Waals surface area contributed by atoms with E-state index < -0.39 is 29.9 Å². The van der Waals surface area contributed by atoms with Gasteiger partial charge in [0.1, 0.15) is 18.1 Å². The van der Waals surface area contributed by atoms with E-state index in [0.717, 1.165) is 32.1 Å². The molecule has 10 heteroatoms. The van der Waals surface area contributed by atoms with Gasteiger partial charge in [-0.15, -0.1) is 0 Å². The van der Waals surface area contributed by atoms with Gasteiger partial charge in [0.15, 0.2) is 0 Å². The summed E-state index contributed by atoms with van der Waals surface area (Å²) in [5.74, 6) is -1.48. The van der Waals surface area contributed by atoms with Crippen molar-refractivity contribution >= 4 is 23.6 Å². The number of hydrogen-bond acceptors (Lipinski definition) is 6. The number of carbonyl (C=O) groups excluding carboxylic acids is 4. The number of rotatable bonds is 31. The lowest BCUT2D eigenvalue weighted by molar-refractivity contribution is -0.134. The van der Waals surface area contributed by atoms with Gasteiger partial charge in [-0.05, 0) is 70.4 Å². The van der Waals surface area contributed by atoms with Crippen molar-refractivity contribution in [3.05, 3.63) is 6.92 Å². The molecule has 0 spiro atoms. The summed E-state index contributed by atoms with van der Waals surface area (Å²) in [4.78, 5) is 52.3. The van der Waals surface area contributed by atoms with Crippen molar-refractivity contribution in [1.82, 2.24) is 21.3 Å². The molecule has 0 aliphatic heterocycles. The van der Waals surface area contributed by atoms with E-state index in [1.54, 1.807) is 0 Å². The molecule has 10 nitrogen and oxygen atoms in total. The Labute approximate surface area is 281 Å². The second-order valence-electron chi connectivity index (χ2n) is 13.1. The van der Waals surface area contributed by atoms with E-state index in [-0.39, 0.29) is 17.7 Å². The molecule has 0 rings (SSSR count). The molecule has 0 saturated heterocycles. The van der Waals surface area contributed by atoms with Crippen LogP contribution in [0.1, 0.15) is 156 Å². The van der Waals surface area contributed by atoms with Crippen LogP contribution in [-0.4, -0.2) is 61.4 Å². The van der Waals surface area contributed by atoms with Crippen LogP contribution in [0.15, 0.2) is 0 Å². The predicted octanol–water partition coefficient (Wildman–Crippen LogP) is 5.18. The molecule has 4 amide bonds. The Morgan fingerprint density at radius 2 is 1.07 bits per heavy atom. The molecule has 0 bridgehead atoms. The zero-order valence-electron chi connectivity index (χ0n) is 29.8. The average molecular weight is 652 g/mol. The molecule has 1 radical (unpaired) electrons. The highest BCUT2D eigenvalue weighted by molar-refractivity contribution is 5.94. The van der Waals surface area contributed by atoms with Crippen LogP contribution < -0.4 is 32.7 Å². The summed E-state index contributed by atoms with van der Waals surface area (Å²) >= 11 is 0. The molecule has 269 valence electrons. The fourth-order valence-electron chi connectivity index (χ4n) is 5.48. The van der Waals surface area contributed by atoms with Crippen molar-refractivity contribution in [2.45, 2.75) is 174 Å². The van der Waals surface area contributed by atoms with Crippen LogP contribution in [0.5, 0.6) is 0 Å². The molecule has 0 aromatic carbocycles. The first kappa shape index (κ1) is 43.8. The molecule has 3 atom stereocenters. The highest BCUT2D eigenvalue weighted by Gasteiger charge is 2.31. The SMILES string of the molecule is [CH2]CCNC(=O)[C@H](CCCCN)NC(=O)[C@@H](NC(=O)[C@H](CCCCN)NC(=O)CCCCCCCCCCCCCCC)C(C)C. The van der Waals surface area contributed by atoms with Crippen LogP contribution >= 0.6 is 0 Å². The zero-order valence-corrected chi connectivity index (χ0v) is 29.8. The van der Waals surface area contributed by atoms with Gasteiger partial charge in [0.05, 0.1) is 0 Å². The van der Waals surface area contributed by atoms with Crippen molar-refractivity contribution < 1.29 is 19.2 Å². The summed E-state index contributed by atoms with van der Waals surface area (Å²) in [5, 5.41) is 11.4. The van der Waals surface area contributed by atoms with Crippen molar-refractivity contribution in [1.29, 1.82) is 0 Å². The number of nitrogens with one attached hydrogen (secondary N) is 4. The molecular weight excluding hydrogens is 580 g/mol. The van der Waals surface area contributed by atoms with E-state index in [4.69, 9.17) is 11.5 Å². The number of carbonyl (C=O) groups is 4. The zero-order chi connectivity index (χ0) is 34.4. The van der Waals surface area contributed by atoms with E-state index in [1.165, 1.54) is 64.2 Å². The van der Waals surface area contributed by atoms with Crippen molar-refractivity contribution in [2.24, 2.45) is 17.4 Å². The maximum Gasteiger partial charge on any atom is 0.243 e. The van der Waals surface area contributed by atoms with E-state index in [2.05, 4.69) is 35.1 Å². The maximum absolute atomic E-state index is 13.4. The summed E-state index contributed by atoms with van der Waals surface area (Å²) in [7, 11) is 0. The second kappa shape index (κ2) is 30.2. The van der Waals surface area contributed by atoms with Gasteiger partial charge in [-0.2, -0.15) is 0 Å². The lowest BCUT2D eigenvalue weighted by Crippen LogP contribution is -2.58. The molecule has 8 N–H and O–H groups in total. The summed E-state index contributed by atoms with van der Waals surface area (Å²) in [6.45, 7) is 11.1. The molecular formula is C36H71N6O4. The summed E-state index contributed by atoms with van der Waals surface area (Å²) < 4.78 is 0. The third-order valence-electron chi connectivity index (χ3n) is 8.41. The second-order valence-corrected chi connectivity index (χ2v) is 13.1. The van der Waals surface area contributed by atoms with Gasteiger partial charge in [0.2, 0.25) is 23.6 Å². The quantitative estimate of drug-likeness (QED) is 0.0565. The molecule has 0 heterocycles. The van der Waals surface area contributed by atoms with Gasteiger partial charge < -0.3 is 32.7 Å². The van der Waals surface area contributed by atoms with E-state index >= 15 is 0 Å². The van der Waals surface area contributed by atoms with Gasteiger partial charge in [-0.3, -0.25) is 19.2 Å². The standard InChI is InChI=1S/C36H71N6O4/c1-5-7-8-9-10-11-12-13-14-15-16-17-18-25-32(43)40-31(24-20-22-27-38)35(45)42-33(29(3)4)36(46)41-30(23-19-21-26-37)34(44)39-28-6-2/h29-31,33H,2,5-28,37-38H2,1,3-4H3,(H,39,44)(H,40,43)(H,41,46)(H,42,45)/t30-,31-,33-/m0/s1. The van der Waals surface area contributed by atoms with Gasteiger partial charge >= 0.3 is 0 Å². The number of amides is 4. The van der Waals surface area contributed by atoms with Crippen LogP contribution in [0.25, 0.3) is 0 Å². The third-order valence-corrected chi connectivity index (χ3v) is 8.41. The Morgan fingerprint density at radius 3 is 1.52 bits per heavy atom. The van der Waals surface area contributed by atoms with Gasteiger partial charge in [0, 0.05) is 13.0 Å². The van der Waals surface area contributed by atoms with Crippen LogP contribution in [0.3, 0.4) is 0 Å². The first-order valence-corrected chi connectivity index (χ1v) is 18.6. The number of hydrogen-bond donors (Lipinski definition) is 6. The molecule has 0 aliphatic rings. The number of unbranched alkanes of at least 4 members (excludes halogenated alkanes) is 14. The highest BCUT2D eigenvalue weighted by atomic mass is 16.2. The monoisotopic (exact) mass is 652 g/mol. The molecule has 0 aliphatic carbocycles. The Hall–Kier alpha value is -2.20. The molecule has 0 fully saturated rings. The summed E-state index contributed by atoms with van der Waals surface area (Å²) in [6, 6.07) is -2.35. The molecule has 46 heavy (non-hydrogen) atoms. The smallest absolute Gasteiger partial charge is 0.243 e. The van der Waals surface area contributed by atoms with Crippen molar-refractivity contribution in [3.63, 3.8) is 0 Å². The van der Waals surface area contributed by atoms with Gasteiger partial charge in [0.25, 0.3) is 0 Å². The average Bonchev–Trinajstić information content (AvgIpc) is 3.03. The van der Waals surface area contributed by atoms with Crippen molar-refractivity contribution in [2.75, 3.05) is 19.6 Å². The highest BCUT2D eigenvalue weighted by Crippen LogP contribution is 2.13. The fraction of sp³-hybridized carbons (Fsp3) is 0.861. The minimum Gasteiger partial charge on any atom is -0.354 e.